The van der Waals surface area contributed by atoms with Crippen molar-refractivity contribution in [3.05, 3.63) is 51.8 Å². The summed E-state index contributed by atoms with van der Waals surface area (Å²) in [5.41, 5.74) is 2.68. The molecule has 0 spiro atoms. The highest BCUT2D eigenvalue weighted by Crippen LogP contribution is 2.41. The molecular formula is C20H18ClN3O4. The zero-order chi connectivity index (χ0) is 20.0. The fourth-order valence-electron chi connectivity index (χ4n) is 3.12. The topological polar surface area (TPSA) is 105 Å². The summed E-state index contributed by atoms with van der Waals surface area (Å²) in [6.45, 7) is 3.94. The molecule has 1 saturated carbocycles. The van der Waals surface area contributed by atoms with Gasteiger partial charge >= 0.3 is 5.97 Å². The molecule has 1 amide bonds. The van der Waals surface area contributed by atoms with Crippen LogP contribution in [0, 0.1) is 0 Å². The molecule has 8 heteroatoms. The number of carboxylic acids is 1. The number of hydrogen-bond donors (Lipinski definition) is 2. The van der Waals surface area contributed by atoms with Crippen molar-refractivity contribution >= 4 is 40.3 Å². The number of carbonyl (C=O) groups excluding carboxylic acids is 1. The number of nitrogens with one attached hydrogen (secondary N) is 1. The molecule has 2 N–H and O–H groups in total. The Bertz CT molecular complexity index is 1100. The van der Waals surface area contributed by atoms with Gasteiger partial charge in [0.25, 0.3) is 11.6 Å². The van der Waals surface area contributed by atoms with Crippen LogP contribution in [0.4, 0.5) is 5.69 Å². The van der Waals surface area contributed by atoms with Crippen molar-refractivity contribution in [2.75, 3.05) is 5.32 Å². The molecule has 0 bridgehead atoms. The summed E-state index contributed by atoms with van der Waals surface area (Å²) in [6.07, 6.45) is 2.08. The summed E-state index contributed by atoms with van der Waals surface area (Å²) in [4.78, 5) is 28.7. The molecule has 1 fully saturated rings. The molecule has 1 aliphatic carbocycles. The number of hydrogen-bond acceptors (Lipinski definition) is 5. The number of benzene rings is 1. The quantitative estimate of drug-likeness (QED) is 0.636. The number of nitrogens with zero attached hydrogens (tertiary/aromatic N) is 2. The fourth-order valence-corrected chi connectivity index (χ4v) is 3.38. The highest BCUT2D eigenvalue weighted by atomic mass is 35.5. The minimum absolute atomic E-state index is 0.0249. The van der Waals surface area contributed by atoms with Crippen LogP contribution in [0.15, 0.2) is 28.8 Å². The molecule has 144 valence electrons. The molecule has 0 radical (unpaired) electrons. The van der Waals surface area contributed by atoms with Gasteiger partial charge in [0.2, 0.25) is 0 Å². The average molecular weight is 400 g/mol. The molecule has 2 aromatic heterocycles. The molecular weight excluding hydrogens is 382 g/mol. The number of anilines is 1. The van der Waals surface area contributed by atoms with Crippen molar-refractivity contribution in [3.8, 4) is 0 Å². The van der Waals surface area contributed by atoms with Crippen LogP contribution in [0.5, 0.6) is 0 Å². The fraction of sp³-hybridized carbons (Fsp3) is 0.300. The maximum atomic E-state index is 13.1. The van der Waals surface area contributed by atoms with E-state index in [4.69, 9.17) is 21.2 Å². The first-order chi connectivity index (χ1) is 13.3. The van der Waals surface area contributed by atoms with Crippen LogP contribution in [0.3, 0.4) is 0 Å². The molecule has 4 rings (SSSR count). The van der Waals surface area contributed by atoms with Crippen LogP contribution in [-0.2, 0) is 0 Å². The van der Waals surface area contributed by atoms with Crippen molar-refractivity contribution in [3.63, 3.8) is 0 Å². The first-order valence-corrected chi connectivity index (χ1v) is 9.37. The largest absolute Gasteiger partial charge is 0.478 e. The number of fused-ring (bicyclic) bond motifs is 1. The van der Waals surface area contributed by atoms with Gasteiger partial charge in [0.15, 0.2) is 0 Å². The van der Waals surface area contributed by atoms with Gasteiger partial charge < -0.3 is 14.9 Å². The minimum Gasteiger partial charge on any atom is -0.478 e. The van der Waals surface area contributed by atoms with Gasteiger partial charge in [-0.2, -0.15) is 0 Å². The Morgan fingerprint density at radius 1 is 1.25 bits per heavy atom. The first kappa shape index (κ1) is 18.4. The molecule has 0 aliphatic heterocycles. The molecule has 1 aromatic carbocycles. The molecule has 3 aromatic rings. The summed E-state index contributed by atoms with van der Waals surface area (Å²) in [7, 11) is 0. The Labute approximate surface area is 165 Å². The number of aromatic carboxylic acids is 1. The molecule has 0 atom stereocenters. The third-order valence-electron chi connectivity index (χ3n) is 4.74. The lowest BCUT2D eigenvalue weighted by molar-refractivity contribution is 0.0697. The zero-order valence-electron chi connectivity index (χ0n) is 15.3. The highest BCUT2D eigenvalue weighted by molar-refractivity contribution is 6.34. The van der Waals surface area contributed by atoms with E-state index in [1.807, 2.05) is 13.8 Å². The third-order valence-corrected chi connectivity index (χ3v) is 5.05. The third kappa shape index (κ3) is 3.33. The molecule has 7 nitrogen and oxygen atoms in total. The maximum Gasteiger partial charge on any atom is 0.337 e. The molecule has 0 saturated heterocycles. The minimum atomic E-state index is -1.13. The average Bonchev–Trinajstić information content (AvgIpc) is 3.39. The van der Waals surface area contributed by atoms with Crippen LogP contribution in [0.2, 0.25) is 5.02 Å². The number of halogens is 1. The number of carbonyl (C=O) groups is 2. The second-order valence-corrected chi connectivity index (χ2v) is 7.63. The molecule has 28 heavy (non-hydrogen) atoms. The van der Waals surface area contributed by atoms with E-state index in [0.717, 1.165) is 18.5 Å². The first-order valence-electron chi connectivity index (χ1n) is 8.99. The molecule has 0 unspecified atom stereocenters. The van der Waals surface area contributed by atoms with Gasteiger partial charge in [0.1, 0.15) is 0 Å². The standard InChI is InChI=1S/C20H18ClN3O4/c1-9(2)17-16-13(8-15(10-3-4-10)23-19(16)28-24-17)18(25)22-11-5-6-12(20(26)27)14(21)7-11/h5-10H,3-4H2,1-2H3,(H,22,25)(H,26,27). The second-order valence-electron chi connectivity index (χ2n) is 7.23. The normalized spacial score (nSPS) is 13.9. The van der Waals surface area contributed by atoms with Gasteiger partial charge in [-0.15, -0.1) is 0 Å². The number of aromatic nitrogens is 2. The van der Waals surface area contributed by atoms with Crippen LogP contribution < -0.4 is 5.32 Å². The van der Waals surface area contributed by atoms with Crippen LogP contribution in [-0.4, -0.2) is 27.1 Å². The van der Waals surface area contributed by atoms with E-state index in [9.17, 15) is 9.59 Å². The summed E-state index contributed by atoms with van der Waals surface area (Å²) >= 11 is 6.01. The van der Waals surface area contributed by atoms with Gasteiger partial charge in [-0.3, -0.25) is 4.79 Å². The molecule has 2 heterocycles. The monoisotopic (exact) mass is 399 g/mol. The van der Waals surface area contributed by atoms with Crippen molar-refractivity contribution in [1.29, 1.82) is 0 Å². The van der Waals surface area contributed by atoms with Crippen LogP contribution >= 0.6 is 11.6 Å². The lowest BCUT2D eigenvalue weighted by atomic mass is 10.0. The predicted octanol–water partition coefficient (Wildman–Crippen LogP) is 4.83. The van der Waals surface area contributed by atoms with Gasteiger partial charge in [0.05, 0.1) is 27.2 Å². The maximum absolute atomic E-state index is 13.1. The van der Waals surface area contributed by atoms with E-state index in [0.29, 0.717) is 34.0 Å². The zero-order valence-corrected chi connectivity index (χ0v) is 16.1. The number of pyridine rings is 1. The number of amides is 1. The SMILES string of the molecule is CC(C)c1noc2nc(C3CC3)cc(C(=O)Nc3ccc(C(=O)O)c(Cl)c3)c12. The summed E-state index contributed by atoms with van der Waals surface area (Å²) < 4.78 is 5.40. The molecule has 1 aliphatic rings. The number of carboxylic acid groups (broad SMARTS) is 1. The van der Waals surface area contributed by atoms with Gasteiger partial charge in [0, 0.05) is 17.3 Å². The number of rotatable bonds is 5. The highest BCUT2D eigenvalue weighted by Gasteiger charge is 2.29. The van der Waals surface area contributed by atoms with Crippen molar-refractivity contribution < 1.29 is 19.2 Å². The van der Waals surface area contributed by atoms with Crippen molar-refractivity contribution in [2.24, 2.45) is 0 Å². The van der Waals surface area contributed by atoms with Gasteiger partial charge in [-0.1, -0.05) is 30.6 Å². The Morgan fingerprint density at radius 3 is 2.61 bits per heavy atom. The van der Waals surface area contributed by atoms with E-state index in [2.05, 4.69) is 15.5 Å². The Kier molecular flexibility index (Phi) is 4.55. The van der Waals surface area contributed by atoms with Crippen LogP contribution in [0.25, 0.3) is 11.1 Å². The van der Waals surface area contributed by atoms with E-state index >= 15 is 0 Å². The lowest BCUT2D eigenvalue weighted by Gasteiger charge is -2.10. The Morgan fingerprint density at radius 2 is 2.00 bits per heavy atom. The predicted molar refractivity (Wildman–Crippen MR) is 104 cm³/mol. The van der Waals surface area contributed by atoms with E-state index in [-0.39, 0.29) is 22.4 Å². The van der Waals surface area contributed by atoms with Crippen molar-refractivity contribution in [2.45, 2.75) is 38.5 Å². The summed E-state index contributed by atoms with van der Waals surface area (Å²) in [6, 6.07) is 6.08. The Balaban J connectivity index is 1.74. The smallest absolute Gasteiger partial charge is 0.337 e. The summed E-state index contributed by atoms with van der Waals surface area (Å²) in [5.74, 6) is -1.07. The van der Waals surface area contributed by atoms with Gasteiger partial charge in [-0.05, 0) is 43.0 Å². The van der Waals surface area contributed by atoms with Crippen LogP contribution in [0.1, 0.15) is 70.6 Å². The second kappa shape index (κ2) is 6.91. The van der Waals surface area contributed by atoms with E-state index in [1.54, 1.807) is 6.07 Å². The Hall–Kier alpha value is -2.93. The van der Waals surface area contributed by atoms with Crippen molar-refractivity contribution in [1.82, 2.24) is 10.1 Å². The lowest BCUT2D eigenvalue weighted by Crippen LogP contribution is -2.14. The van der Waals surface area contributed by atoms with E-state index in [1.165, 1.54) is 18.2 Å². The van der Waals surface area contributed by atoms with E-state index < -0.39 is 5.97 Å². The summed E-state index contributed by atoms with van der Waals surface area (Å²) in [5, 5.41) is 16.6. The van der Waals surface area contributed by atoms with Gasteiger partial charge in [-0.25, -0.2) is 9.78 Å².